The Morgan fingerprint density at radius 1 is 1.11 bits per heavy atom. The SMILES string of the molecule is Cc1ccc(NC(=O)C(C)N2C(=O)COc3ccc(-c4nc(-c5ccccn5)sc4C)cc32)cc1. The Morgan fingerprint density at radius 2 is 1.91 bits per heavy atom. The van der Waals surface area contributed by atoms with Gasteiger partial charge in [-0.05, 0) is 63.2 Å². The Bertz CT molecular complexity index is 1400. The smallest absolute Gasteiger partial charge is 0.265 e. The Hall–Kier alpha value is -4.04. The molecule has 1 N–H and O–H groups in total. The highest BCUT2D eigenvalue weighted by Crippen LogP contribution is 2.39. The van der Waals surface area contributed by atoms with Crippen LogP contribution in [0.5, 0.6) is 5.75 Å². The summed E-state index contributed by atoms with van der Waals surface area (Å²) in [5.41, 5.74) is 4.80. The van der Waals surface area contributed by atoms with Gasteiger partial charge in [0.05, 0.1) is 17.1 Å². The predicted octanol–water partition coefficient (Wildman–Crippen LogP) is 5.24. The number of benzene rings is 2. The molecule has 8 heteroatoms. The summed E-state index contributed by atoms with van der Waals surface area (Å²) >= 11 is 1.56. The zero-order valence-electron chi connectivity index (χ0n) is 19.6. The summed E-state index contributed by atoms with van der Waals surface area (Å²) in [6, 6.07) is 18.2. The number of carbonyl (C=O) groups excluding carboxylic acids is 2. The van der Waals surface area contributed by atoms with Crippen LogP contribution in [0.1, 0.15) is 17.4 Å². The number of fused-ring (bicyclic) bond motifs is 1. The van der Waals surface area contributed by atoms with Crippen molar-refractivity contribution in [1.29, 1.82) is 0 Å². The highest BCUT2D eigenvalue weighted by molar-refractivity contribution is 7.15. The van der Waals surface area contributed by atoms with Gasteiger partial charge in [0.15, 0.2) is 6.61 Å². The monoisotopic (exact) mass is 484 g/mol. The summed E-state index contributed by atoms with van der Waals surface area (Å²) in [6.45, 7) is 5.60. The summed E-state index contributed by atoms with van der Waals surface area (Å²) in [5.74, 6) is 0.00859. The van der Waals surface area contributed by atoms with Crippen LogP contribution in [-0.4, -0.2) is 34.4 Å². The quantitative estimate of drug-likeness (QED) is 0.419. The fraction of sp³-hybridized carbons (Fsp3) is 0.185. The number of pyridine rings is 1. The third-order valence-corrected chi connectivity index (χ3v) is 6.87. The molecular weight excluding hydrogens is 460 g/mol. The number of aromatic nitrogens is 2. The lowest BCUT2D eigenvalue weighted by atomic mass is 10.1. The molecule has 0 fully saturated rings. The summed E-state index contributed by atoms with van der Waals surface area (Å²) in [5, 5.41) is 3.73. The third-order valence-electron chi connectivity index (χ3n) is 5.88. The number of carbonyl (C=O) groups is 2. The second kappa shape index (κ2) is 9.31. The highest BCUT2D eigenvalue weighted by Gasteiger charge is 2.33. The normalized spacial score (nSPS) is 13.7. The van der Waals surface area contributed by atoms with E-state index in [9.17, 15) is 9.59 Å². The zero-order chi connectivity index (χ0) is 24.5. The number of amides is 2. The third kappa shape index (κ3) is 4.52. The molecule has 0 saturated carbocycles. The molecule has 0 radical (unpaired) electrons. The second-order valence-corrected chi connectivity index (χ2v) is 9.61. The molecule has 176 valence electrons. The van der Waals surface area contributed by atoms with E-state index in [0.717, 1.165) is 32.4 Å². The number of hydrogen-bond acceptors (Lipinski definition) is 6. The van der Waals surface area contributed by atoms with Gasteiger partial charge in [-0.2, -0.15) is 0 Å². The summed E-state index contributed by atoms with van der Waals surface area (Å²) < 4.78 is 5.67. The van der Waals surface area contributed by atoms with E-state index in [0.29, 0.717) is 17.1 Å². The van der Waals surface area contributed by atoms with Crippen LogP contribution in [0.15, 0.2) is 66.9 Å². The number of hydrogen-bond donors (Lipinski definition) is 1. The fourth-order valence-corrected chi connectivity index (χ4v) is 4.92. The topological polar surface area (TPSA) is 84.4 Å². The van der Waals surface area contributed by atoms with Gasteiger partial charge in [-0.15, -0.1) is 11.3 Å². The molecule has 5 rings (SSSR count). The number of anilines is 2. The molecule has 4 aromatic rings. The van der Waals surface area contributed by atoms with Crippen molar-refractivity contribution in [2.75, 3.05) is 16.8 Å². The van der Waals surface area contributed by atoms with Gasteiger partial charge in [-0.3, -0.25) is 19.5 Å². The number of rotatable bonds is 5. The van der Waals surface area contributed by atoms with E-state index >= 15 is 0 Å². The van der Waals surface area contributed by atoms with Crippen LogP contribution in [0, 0.1) is 13.8 Å². The molecule has 35 heavy (non-hydrogen) atoms. The maximum Gasteiger partial charge on any atom is 0.265 e. The van der Waals surface area contributed by atoms with Crippen molar-refractivity contribution >= 4 is 34.5 Å². The lowest BCUT2D eigenvalue weighted by Gasteiger charge is -2.33. The van der Waals surface area contributed by atoms with E-state index in [1.165, 1.54) is 4.90 Å². The van der Waals surface area contributed by atoms with E-state index < -0.39 is 6.04 Å². The number of thiazole rings is 1. The minimum absolute atomic E-state index is 0.117. The van der Waals surface area contributed by atoms with Crippen molar-refractivity contribution in [3.63, 3.8) is 0 Å². The van der Waals surface area contributed by atoms with Crippen LogP contribution < -0.4 is 15.0 Å². The minimum atomic E-state index is -0.734. The van der Waals surface area contributed by atoms with Gasteiger partial charge in [0.2, 0.25) is 5.91 Å². The van der Waals surface area contributed by atoms with Crippen LogP contribution >= 0.6 is 11.3 Å². The summed E-state index contributed by atoms with van der Waals surface area (Å²) in [4.78, 5) is 37.7. The van der Waals surface area contributed by atoms with Crippen molar-refractivity contribution in [2.24, 2.45) is 0 Å². The molecule has 0 bridgehead atoms. The summed E-state index contributed by atoms with van der Waals surface area (Å²) in [6.07, 6.45) is 1.74. The molecule has 0 aliphatic carbocycles. The van der Waals surface area contributed by atoms with E-state index in [2.05, 4.69) is 10.3 Å². The maximum absolute atomic E-state index is 13.1. The zero-order valence-corrected chi connectivity index (χ0v) is 20.4. The number of nitrogens with one attached hydrogen (secondary N) is 1. The Labute approximate surface area is 207 Å². The molecule has 1 atom stereocenters. The average Bonchev–Trinajstić information content (AvgIpc) is 3.26. The molecular formula is C27H24N4O3S. The second-order valence-electron chi connectivity index (χ2n) is 8.40. The Balaban J connectivity index is 1.47. The Kier molecular flexibility index (Phi) is 6.05. The molecule has 0 saturated heterocycles. The highest BCUT2D eigenvalue weighted by atomic mass is 32.1. The van der Waals surface area contributed by atoms with Crippen LogP contribution in [0.2, 0.25) is 0 Å². The van der Waals surface area contributed by atoms with E-state index in [1.807, 2.05) is 74.5 Å². The van der Waals surface area contributed by atoms with Crippen molar-refractivity contribution in [3.05, 3.63) is 77.3 Å². The fourth-order valence-electron chi connectivity index (χ4n) is 4.01. The lowest BCUT2D eigenvalue weighted by molar-refractivity contribution is -0.125. The predicted molar refractivity (Wildman–Crippen MR) is 138 cm³/mol. The molecule has 3 heterocycles. The Morgan fingerprint density at radius 3 is 2.66 bits per heavy atom. The lowest BCUT2D eigenvalue weighted by Crippen LogP contribution is -2.49. The van der Waals surface area contributed by atoms with E-state index in [-0.39, 0.29) is 18.4 Å². The molecule has 0 spiro atoms. The number of nitrogens with zero attached hydrogens (tertiary/aromatic N) is 3. The summed E-state index contributed by atoms with van der Waals surface area (Å²) in [7, 11) is 0. The van der Waals surface area contributed by atoms with Gasteiger partial charge in [0.1, 0.15) is 16.8 Å². The number of aryl methyl sites for hydroxylation is 2. The van der Waals surface area contributed by atoms with Crippen molar-refractivity contribution in [3.8, 4) is 27.7 Å². The first-order valence-corrected chi connectivity index (χ1v) is 12.1. The van der Waals surface area contributed by atoms with Crippen molar-refractivity contribution < 1.29 is 14.3 Å². The van der Waals surface area contributed by atoms with Crippen LogP contribution in [0.4, 0.5) is 11.4 Å². The van der Waals surface area contributed by atoms with Gasteiger partial charge in [0, 0.05) is 22.3 Å². The minimum Gasteiger partial charge on any atom is -0.482 e. The molecule has 2 aromatic heterocycles. The first-order chi connectivity index (χ1) is 16.9. The van der Waals surface area contributed by atoms with Gasteiger partial charge in [-0.25, -0.2) is 4.98 Å². The molecule has 7 nitrogen and oxygen atoms in total. The first kappa shape index (κ1) is 22.7. The molecule has 1 aliphatic rings. The maximum atomic E-state index is 13.1. The molecule has 1 unspecified atom stereocenters. The van der Waals surface area contributed by atoms with Gasteiger partial charge >= 0.3 is 0 Å². The van der Waals surface area contributed by atoms with Gasteiger partial charge in [-0.1, -0.05) is 23.8 Å². The van der Waals surface area contributed by atoms with E-state index in [1.54, 1.807) is 24.5 Å². The van der Waals surface area contributed by atoms with Gasteiger partial charge < -0.3 is 10.1 Å². The molecule has 2 amide bonds. The van der Waals surface area contributed by atoms with E-state index in [4.69, 9.17) is 9.72 Å². The first-order valence-electron chi connectivity index (χ1n) is 11.3. The van der Waals surface area contributed by atoms with Crippen molar-refractivity contribution in [2.45, 2.75) is 26.8 Å². The molecule has 1 aliphatic heterocycles. The van der Waals surface area contributed by atoms with Gasteiger partial charge in [0.25, 0.3) is 5.91 Å². The molecule has 2 aromatic carbocycles. The average molecular weight is 485 g/mol. The van der Waals surface area contributed by atoms with Crippen LogP contribution in [0.25, 0.3) is 22.0 Å². The largest absolute Gasteiger partial charge is 0.482 e. The van der Waals surface area contributed by atoms with Crippen molar-refractivity contribution in [1.82, 2.24) is 9.97 Å². The number of ether oxygens (including phenoxy) is 1. The van der Waals surface area contributed by atoms with Crippen LogP contribution in [0.3, 0.4) is 0 Å². The standard InChI is InChI=1S/C27H24N4O3S/c1-16-7-10-20(11-8-16)29-26(33)17(2)31-22-14-19(9-12-23(22)34-15-24(31)32)25-18(3)35-27(30-25)21-6-4-5-13-28-21/h4-14,17H,15H2,1-3H3,(H,29,33). The van der Waals surface area contributed by atoms with Crippen LogP contribution in [-0.2, 0) is 9.59 Å².